The number of imidazole rings is 1. The normalized spacial score (nSPS) is 11.2. The molecule has 0 aliphatic heterocycles. The first-order valence-electron chi connectivity index (χ1n) is 6.93. The summed E-state index contributed by atoms with van der Waals surface area (Å²) in [7, 11) is 0. The van der Waals surface area contributed by atoms with Gasteiger partial charge in [0.05, 0.1) is 16.6 Å². The third-order valence-corrected chi connectivity index (χ3v) is 3.43. The van der Waals surface area contributed by atoms with Gasteiger partial charge in [0, 0.05) is 5.69 Å². The fraction of sp³-hybridized carbons (Fsp3) is 0.125. The summed E-state index contributed by atoms with van der Waals surface area (Å²) in [4.78, 5) is 16.0. The molecule has 3 aromatic rings. The standard InChI is InChI=1S/C16H12F3N3O2/c17-9-5-6-10(11(20)7-9)15(23)24-8-14-21-12-3-1-2-4-13(12)22(14)16(18)19/h1-7,16H,8,20H2. The van der Waals surface area contributed by atoms with Crippen molar-refractivity contribution < 1.29 is 22.7 Å². The monoisotopic (exact) mass is 335 g/mol. The number of nitrogen functional groups attached to an aromatic ring is 1. The van der Waals surface area contributed by atoms with E-state index in [9.17, 15) is 18.0 Å². The maximum atomic E-state index is 13.3. The summed E-state index contributed by atoms with van der Waals surface area (Å²) in [5, 5.41) is 0. The van der Waals surface area contributed by atoms with Crippen LogP contribution in [0.25, 0.3) is 11.0 Å². The number of anilines is 1. The molecule has 0 amide bonds. The number of esters is 1. The molecule has 0 aliphatic rings. The van der Waals surface area contributed by atoms with E-state index in [-0.39, 0.29) is 22.6 Å². The van der Waals surface area contributed by atoms with Crippen molar-refractivity contribution in [1.29, 1.82) is 0 Å². The van der Waals surface area contributed by atoms with E-state index in [1.807, 2.05) is 0 Å². The molecule has 0 spiro atoms. The summed E-state index contributed by atoms with van der Waals surface area (Å²) in [6, 6.07) is 9.56. The van der Waals surface area contributed by atoms with Crippen molar-refractivity contribution in [2.75, 3.05) is 5.73 Å². The number of ether oxygens (including phenoxy) is 1. The minimum atomic E-state index is -2.83. The first-order chi connectivity index (χ1) is 11.5. The summed E-state index contributed by atoms with van der Waals surface area (Å²) in [5.41, 5.74) is 6.01. The summed E-state index contributed by atoms with van der Waals surface area (Å²) < 4.78 is 45.2. The molecule has 0 saturated heterocycles. The van der Waals surface area contributed by atoms with Crippen molar-refractivity contribution in [1.82, 2.24) is 9.55 Å². The van der Waals surface area contributed by atoms with Crippen molar-refractivity contribution in [2.45, 2.75) is 13.2 Å². The third kappa shape index (κ3) is 2.90. The number of aromatic nitrogens is 2. The molecule has 5 nitrogen and oxygen atoms in total. The molecule has 124 valence electrons. The maximum Gasteiger partial charge on any atom is 0.340 e. The average Bonchev–Trinajstić information content (AvgIpc) is 2.91. The topological polar surface area (TPSA) is 70.1 Å². The number of nitrogens with zero attached hydrogens (tertiary/aromatic N) is 2. The number of alkyl halides is 2. The van der Waals surface area contributed by atoms with E-state index in [1.54, 1.807) is 18.2 Å². The highest BCUT2D eigenvalue weighted by molar-refractivity contribution is 5.95. The van der Waals surface area contributed by atoms with Gasteiger partial charge in [0.1, 0.15) is 12.4 Å². The molecule has 0 aliphatic carbocycles. The van der Waals surface area contributed by atoms with Gasteiger partial charge < -0.3 is 10.5 Å². The van der Waals surface area contributed by atoms with Crippen LogP contribution in [0.2, 0.25) is 0 Å². The lowest BCUT2D eigenvalue weighted by Crippen LogP contribution is -2.12. The van der Waals surface area contributed by atoms with Crippen LogP contribution in [0.1, 0.15) is 22.7 Å². The smallest absolute Gasteiger partial charge is 0.340 e. The van der Waals surface area contributed by atoms with Crippen LogP contribution in [0.5, 0.6) is 0 Å². The minimum Gasteiger partial charge on any atom is -0.454 e. The van der Waals surface area contributed by atoms with Gasteiger partial charge in [0.2, 0.25) is 0 Å². The quantitative estimate of drug-likeness (QED) is 0.585. The Labute approximate surface area is 134 Å². The second-order valence-electron chi connectivity index (χ2n) is 4.97. The van der Waals surface area contributed by atoms with E-state index in [4.69, 9.17) is 10.5 Å². The molecule has 8 heteroatoms. The zero-order valence-electron chi connectivity index (χ0n) is 12.2. The molecule has 0 unspecified atom stereocenters. The fourth-order valence-electron chi connectivity index (χ4n) is 2.34. The van der Waals surface area contributed by atoms with Gasteiger partial charge in [0.25, 0.3) is 0 Å². The minimum absolute atomic E-state index is 0.0453. The molecule has 1 heterocycles. The number of carbonyl (C=O) groups excluding carboxylic acids is 1. The van der Waals surface area contributed by atoms with Crippen LogP contribution in [-0.4, -0.2) is 15.5 Å². The van der Waals surface area contributed by atoms with Gasteiger partial charge in [0.15, 0.2) is 5.82 Å². The Bertz CT molecular complexity index is 909. The molecule has 2 N–H and O–H groups in total. The highest BCUT2D eigenvalue weighted by atomic mass is 19.3. The summed E-state index contributed by atoms with van der Waals surface area (Å²) in [5.74, 6) is -1.54. The molecule has 0 atom stereocenters. The Morgan fingerprint density at radius 2 is 2.00 bits per heavy atom. The number of halogens is 3. The predicted octanol–water partition coefficient (Wildman–Crippen LogP) is 3.51. The van der Waals surface area contributed by atoms with Gasteiger partial charge in [-0.1, -0.05) is 12.1 Å². The fourth-order valence-corrected chi connectivity index (χ4v) is 2.34. The summed E-state index contributed by atoms with van der Waals surface area (Å²) >= 11 is 0. The Kier molecular flexibility index (Phi) is 4.11. The van der Waals surface area contributed by atoms with Gasteiger partial charge in [-0.05, 0) is 30.3 Å². The lowest BCUT2D eigenvalue weighted by molar-refractivity contribution is 0.0388. The van der Waals surface area contributed by atoms with E-state index in [0.29, 0.717) is 10.1 Å². The third-order valence-electron chi connectivity index (χ3n) is 3.43. The van der Waals surface area contributed by atoms with Gasteiger partial charge in [-0.2, -0.15) is 8.78 Å². The van der Waals surface area contributed by atoms with E-state index < -0.39 is 24.9 Å². The number of hydrogen-bond donors (Lipinski definition) is 1. The van der Waals surface area contributed by atoms with Crippen LogP contribution in [0.3, 0.4) is 0 Å². The first kappa shape index (κ1) is 15.9. The zero-order chi connectivity index (χ0) is 17.3. The Morgan fingerprint density at radius 3 is 2.71 bits per heavy atom. The van der Waals surface area contributed by atoms with Crippen LogP contribution in [0, 0.1) is 5.82 Å². The van der Waals surface area contributed by atoms with Crippen molar-refractivity contribution in [3.8, 4) is 0 Å². The largest absolute Gasteiger partial charge is 0.454 e. The van der Waals surface area contributed by atoms with E-state index in [2.05, 4.69) is 4.98 Å². The zero-order valence-corrected chi connectivity index (χ0v) is 12.2. The first-order valence-corrected chi connectivity index (χ1v) is 6.93. The van der Waals surface area contributed by atoms with E-state index in [0.717, 1.165) is 12.1 Å². The van der Waals surface area contributed by atoms with Crippen LogP contribution < -0.4 is 5.73 Å². The lowest BCUT2D eigenvalue weighted by atomic mass is 10.2. The molecular formula is C16H12F3N3O2. The molecule has 3 rings (SSSR count). The maximum absolute atomic E-state index is 13.3. The number of hydrogen-bond acceptors (Lipinski definition) is 4. The molecular weight excluding hydrogens is 323 g/mol. The van der Waals surface area contributed by atoms with E-state index in [1.165, 1.54) is 12.1 Å². The molecule has 0 radical (unpaired) electrons. The summed E-state index contributed by atoms with van der Waals surface area (Å²) in [6.45, 7) is -3.30. The van der Waals surface area contributed by atoms with Crippen LogP contribution >= 0.6 is 0 Å². The lowest BCUT2D eigenvalue weighted by Gasteiger charge is -2.09. The Morgan fingerprint density at radius 1 is 1.25 bits per heavy atom. The van der Waals surface area contributed by atoms with Gasteiger partial charge in [-0.25, -0.2) is 14.2 Å². The van der Waals surface area contributed by atoms with Gasteiger partial charge in [-0.3, -0.25) is 4.57 Å². The Balaban J connectivity index is 1.85. The predicted molar refractivity (Wildman–Crippen MR) is 80.9 cm³/mol. The summed E-state index contributed by atoms with van der Waals surface area (Å²) in [6.07, 6.45) is 0. The van der Waals surface area contributed by atoms with Crippen molar-refractivity contribution >= 4 is 22.7 Å². The SMILES string of the molecule is Nc1cc(F)ccc1C(=O)OCc1nc2ccccc2n1C(F)F. The number of para-hydroxylation sites is 2. The number of benzene rings is 2. The molecule has 24 heavy (non-hydrogen) atoms. The number of carbonyl (C=O) groups is 1. The van der Waals surface area contributed by atoms with Gasteiger partial charge >= 0.3 is 12.5 Å². The average molecular weight is 335 g/mol. The number of nitrogens with two attached hydrogens (primary N) is 1. The molecule has 0 bridgehead atoms. The van der Waals surface area contributed by atoms with Crippen LogP contribution in [0.15, 0.2) is 42.5 Å². The van der Waals surface area contributed by atoms with Crippen LogP contribution in [-0.2, 0) is 11.3 Å². The van der Waals surface area contributed by atoms with Crippen molar-refractivity contribution in [3.05, 3.63) is 59.7 Å². The Hall–Kier alpha value is -3.03. The number of fused-ring (bicyclic) bond motifs is 1. The van der Waals surface area contributed by atoms with Crippen molar-refractivity contribution in [3.63, 3.8) is 0 Å². The molecule has 2 aromatic carbocycles. The van der Waals surface area contributed by atoms with E-state index >= 15 is 0 Å². The second kappa shape index (κ2) is 6.23. The highest BCUT2D eigenvalue weighted by Gasteiger charge is 2.19. The molecule has 1 aromatic heterocycles. The molecule has 0 saturated carbocycles. The van der Waals surface area contributed by atoms with Crippen molar-refractivity contribution in [2.24, 2.45) is 0 Å². The highest BCUT2D eigenvalue weighted by Crippen LogP contribution is 2.24. The second-order valence-corrected chi connectivity index (χ2v) is 4.97. The van der Waals surface area contributed by atoms with Crippen LogP contribution in [0.4, 0.5) is 18.9 Å². The van der Waals surface area contributed by atoms with Gasteiger partial charge in [-0.15, -0.1) is 0 Å². The number of rotatable bonds is 4. The molecule has 0 fully saturated rings.